The molecule has 3 aromatic carbocycles. The molecular weight excluding hydrogens is 356 g/mol. The second-order valence-corrected chi connectivity index (χ2v) is 7.89. The van der Waals surface area contributed by atoms with E-state index in [0.717, 1.165) is 30.2 Å². The first-order valence-corrected chi connectivity index (χ1v) is 10.1. The fourth-order valence-corrected chi connectivity index (χ4v) is 4.16. The number of rotatable bonds is 6. The quantitative estimate of drug-likeness (QED) is 0.565. The summed E-state index contributed by atoms with van der Waals surface area (Å²) in [5.41, 5.74) is 4.87. The van der Waals surface area contributed by atoms with Crippen LogP contribution in [0.25, 0.3) is 0 Å². The van der Waals surface area contributed by atoms with Gasteiger partial charge in [-0.3, -0.25) is 0 Å². The van der Waals surface area contributed by atoms with Gasteiger partial charge < -0.3 is 15.0 Å². The van der Waals surface area contributed by atoms with E-state index in [2.05, 4.69) is 90.9 Å². The molecule has 3 heteroatoms. The highest BCUT2D eigenvalue weighted by molar-refractivity contribution is 5.65. The summed E-state index contributed by atoms with van der Waals surface area (Å²) in [6.07, 6.45) is 4.05. The number of hydrogen-bond donors (Lipinski definition) is 1. The summed E-state index contributed by atoms with van der Waals surface area (Å²) in [6, 6.07) is 27.5. The van der Waals surface area contributed by atoms with Crippen LogP contribution < -0.4 is 15.0 Å². The number of allylic oxidation sites excluding steroid dienone is 1. The fourth-order valence-electron chi connectivity index (χ4n) is 4.16. The molecule has 0 fully saturated rings. The lowest BCUT2D eigenvalue weighted by molar-refractivity contribution is 0.424. The summed E-state index contributed by atoms with van der Waals surface area (Å²) in [4.78, 5) is 2.13. The van der Waals surface area contributed by atoms with Gasteiger partial charge in [0.15, 0.2) is 11.6 Å². The van der Waals surface area contributed by atoms with Gasteiger partial charge >= 0.3 is 0 Å². The molecule has 0 saturated heterocycles. The van der Waals surface area contributed by atoms with Crippen molar-refractivity contribution in [2.24, 2.45) is 0 Å². The summed E-state index contributed by atoms with van der Waals surface area (Å²) in [5, 5.41) is 3.38. The van der Waals surface area contributed by atoms with Crippen LogP contribution in [0.3, 0.4) is 0 Å². The second kappa shape index (κ2) is 8.04. The Kier molecular flexibility index (Phi) is 5.30. The third kappa shape index (κ3) is 3.86. The van der Waals surface area contributed by atoms with Gasteiger partial charge in [-0.1, -0.05) is 67.6 Å². The molecule has 1 heterocycles. The maximum absolute atomic E-state index is 6.13. The number of nitrogens with zero attached hydrogens (tertiary/aromatic N) is 1. The summed E-state index contributed by atoms with van der Waals surface area (Å²) in [6.45, 7) is 2.34. The van der Waals surface area contributed by atoms with E-state index in [4.69, 9.17) is 4.74 Å². The average molecular weight is 385 g/mol. The van der Waals surface area contributed by atoms with Crippen molar-refractivity contribution >= 4 is 11.4 Å². The van der Waals surface area contributed by atoms with E-state index in [1.54, 1.807) is 0 Å². The molecule has 3 aromatic rings. The van der Waals surface area contributed by atoms with Gasteiger partial charge in [0.2, 0.25) is 0 Å². The molecule has 0 amide bonds. The highest BCUT2D eigenvalue weighted by atomic mass is 16.5. The molecule has 0 spiro atoms. The van der Waals surface area contributed by atoms with Crippen molar-refractivity contribution in [3.63, 3.8) is 0 Å². The Morgan fingerprint density at radius 1 is 0.931 bits per heavy atom. The Morgan fingerprint density at radius 2 is 1.62 bits per heavy atom. The zero-order valence-electron chi connectivity index (χ0n) is 17.4. The first kappa shape index (κ1) is 19.1. The van der Waals surface area contributed by atoms with E-state index in [-0.39, 0.29) is 5.41 Å². The molecule has 1 aliphatic heterocycles. The van der Waals surface area contributed by atoms with Gasteiger partial charge in [-0.2, -0.15) is 0 Å². The number of nitrogens with one attached hydrogen (secondary N) is 1. The van der Waals surface area contributed by atoms with E-state index < -0.39 is 0 Å². The Morgan fingerprint density at radius 3 is 2.38 bits per heavy atom. The summed E-state index contributed by atoms with van der Waals surface area (Å²) < 4.78 is 6.13. The highest BCUT2D eigenvalue weighted by Crippen LogP contribution is 2.40. The zero-order chi connectivity index (χ0) is 20.3. The molecule has 3 nitrogen and oxygen atoms in total. The van der Waals surface area contributed by atoms with Crippen molar-refractivity contribution in [2.75, 3.05) is 24.3 Å². The molecule has 0 aliphatic carbocycles. The van der Waals surface area contributed by atoms with Crippen molar-refractivity contribution in [3.8, 4) is 5.75 Å². The minimum Gasteiger partial charge on any atom is -0.439 e. The third-order valence-electron chi connectivity index (χ3n) is 5.78. The van der Waals surface area contributed by atoms with Gasteiger partial charge in [0, 0.05) is 25.2 Å². The number of para-hydroxylation sites is 3. The maximum Gasteiger partial charge on any atom is 0.196 e. The average Bonchev–Trinajstić information content (AvgIpc) is 3.09. The van der Waals surface area contributed by atoms with Crippen LogP contribution in [0.5, 0.6) is 5.75 Å². The number of ether oxygens (including phenoxy) is 1. The fraction of sp³-hybridized carbons (Fsp3) is 0.231. The van der Waals surface area contributed by atoms with Crippen LogP contribution in [0.4, 0.5) is 11.4 Å². The second-order valence-electron chi connectivity index (χ2n) is 7.89. The van der Waals surface area contributed by atoms with Crippen LogP contribution >= 0.6 is 0 Å². The van der Waals surface area contributed by atoms with Crippen LogP contribution in [0, 0.1) is 0 Å². The molecule has 0 radical (unpaired) electrons. The maximum atomic E-state index is 6.13. The van der Waals surface area contributed by atoms with Crippen LogP contribution in [-0.4, -0.2) is 14.1 Å². The lowest BCUT2D eigenvalue weighted by Crippen LogP contribution is -2.26. The Bertz CT molecular complexity index is 1010. The van der Waals surface area contributed by atoms with Crippen molar-refractivity contribution in [3.05, 3.63) is 102 Å². The van der Waals surface area contributed by atoms with Crippen LogP contribution in [-0.2, 0) is 11.8 Å². The van der Waals surface area contributed by atoms with Gasteiger partial charge in [-0.15, -0.1) is 0 Å². The Labute approximate surface area is 173 Å². The molecule has 0 bridgehead atoms. The van der Waals surface area contributed by atoms with Gasteiger partial charge in [0.1, 0.15) is 0 Å². The number of benzene rings is 3. The summed E-state index contributed by atoms with van der Waals surface area (Å²) >= 11 is 0. The molecule has 1 aliphatic rings. The lowest BCUT2D eigenvalue weighted by atomic mass is 9.74. The zero-order valence-corrected chi connectivity index (χ0v) is 17.4. The van der Waals surface area contributed by atoms with Gasteiger partial charge in [-0.05, 0) is 48.2 Å². The highest BCUT2D eigenvalue weighted by Gasteiger charge is 2.30. The predicted molar refractivity (Wildman–Crippen MR) is 122 cm³/mol. The van der Waals surface area contributed by atoms with Crippen LogP contribution in [0.1, 0.15) is 24.5 Å². The molecule has 4 rings (SSSR count). The minimum atomic E-state index is -0.0765. The van der Waals surface area contributed by atoms with E-state index in [1.165, 1.54) is 16.8 Å². The third-order valence-corrected chi connectivity index (χ3v) is 5.78. The molecular formula is C26H28N2O. The number of hydrogen-bond acceptors (Lipinski definition) is 3. The van der Waals surface area contributed by atoms with E-state index in [9.17, 15) is 0 Å². The monoisotopic (exact) mass is 384 g/mol. The van der Waals surface area contributed by atoms with Crippen molar-refractivity contribution in [1.82, 2.24) is 0 Å². The minimum absolute atomic E-state index is 0.0765. The Hall–Kier alpha value is -3.20. The molecule has 29 heavy (non-hydrogen) atoms. The van der Waals surface area contributed by atoms with Gasteiger partial charge in [0.05, 0.1) is 5.69 Å². The topological polar surface area (TPSA) is 24.5 Å². The summed E-state index contributed by atoms with van der Waals surface area (Å²) in [5.74, 6) is 1.81. The number of fused-ring (bicyclic) bond motifs is 1. The van der Waals surface area contributed by atoms with Gasteiger partial charge in [0.25, 0.3) is 0 Å². The first-order chi connectivity index (χ1) is 14.1. The van der Waals surface area contributed by atoms with E-state index in [0.29, 0.717) is 0 Å². The predicted octanol–water partition coefficient (Wildman–Crippen LogP) is 5.99. The normalized spacial score (nSPS) is 16.2. The van der Waals surface area contributed by atoms with Crippen LogP contribution in [0.15, 0.2) is 90.8 Å². The molecule has 1 unspecified atom stereocenters. The van der Waals surface area contributed by atoms with E-state index >= 15 is 0 Å². The van der Waals surface area contributed by atoms with Gasteiger partial charge in [-0.25, -0.2) is 0 Å². The summed E-state index contributed by atoms with van der Waals surface area (Å²) in [7, 11) is 4.05. The van der Waals surface area contributed by atoms with Crippen molar-refractivity contribution in [2.45, 2.75) is 25.2 Å². The molecule has 148 valence electrons. The first-order valence-electron chi connectivity index (χ1n) is 10.1. The molecule has 0 aromatic heterocycles. The Balaban J connectivity index is 1.68. The smallest absolute Gasteiger partial charge is 0.196 e. The molecule has 1 atom stereocenters. The lowest BCUT2D eigenvalue weighted by Gasteiger charge is -2.32. The molecule has 0 saturated carbocycles. The van der Waals surface area contributed by atoms with Crippen molar-refractivity contribution in [1.29, 1.82) is 0 Å². The SMILES string of the molecule is CNc1ccccc1C(C)(C/C=C1\Oc2ccccc2N1C)Cc1ccccc1. The standard InChI is InChI=1S/C26H28N2O/c1-26(19-20-11-5-4-6-12-20,21-13-7-8-14-22(21)27-2)18-17-25-28(3)23-15-9-10-16-24(23)29-25/h4-17,27H,18-19H2,1-3H3/b25-17-. The van der Waals surface area contributed by atoms with Crippen molar-refractivity contribution < 1.29 is 4.74 Å². The molecule has 1 N–H and O–H groups in total. The van der Waals surface area contributed by atoms with E-state index in [1.807, 2.05) is 25.2 Å². The van der Waals surface area contributed by atoms with Crippen LogP contribution in [0.2, 0.25) is 0 Å². The largest absolute Gasteiger partial charge is 0.439 e. The number of anilines is 2.